The van der Waals surface area contributed by atoms with Crippen molar-refractivity contribution in [1.29, 1.82) is 0 Å². The summed E-state index contributed by atoms with van der Waals surface area (Å²) in [6.07, 6.45) is 0.629. The highest BCUT2D eigenvalue weighted by Crippen LogP contribution is 2.30. The van der Waals surface area contributed by atoms with Gasteiger partial charge < -0.3 is 15.0 Å². The Labute approximate surface area is 110 Å². The van der Waals surface area contributed by atoms with E-state index in [-0.39, 0.29) is 11.6 Å². The Morgan fingerprint density at radius 3 is 2.79 bits per heavy atom. The number of likely N-dealkylation sites (tertiary alicyclic amines) is 1. The summed E-state index contributed by atoms with van der Waals surface area (Å²) in [5, 5.41) is 13.9. The molecule has 0 saturated carbocycles. The molecule has 0 aliphatic carbocycles. The van der Waals surface area contributed by atoms with E-state index in [0.29, 0.717) is 24.4 Å². The normalized spacial score (nSPS) is 18.5. The Morgan fingerprint density at radius 1 is 1.53 bits per heavy atom. The number of likely N-dealkylation sites (N-methyl/N-ethyl adjacent to an activating group) is 1. The minimum atomic E-state index is -0.481. The molecular formula is C12H15N3O4. The van der Waals surface area contributed by atoms with E-state index in [4.69, 9.17) is 4.74 Å². The van der Waals surface area contributed by atoms with Crippen LogP contribution in [0.4, 0.5) is 11.4 Å². The Bertz CT molecular complexity index is 518. The molecule has 1 fully saturated rings. The summed E-state index contributed by atoms with van der Waals surface area (Å²) in [4.78, 5) is 23.9. The highest BCUT2D eigenvalue weighted by Gasteiger charge is 2.30. The molecule has 7 heteroatoms. The van der Waals surface area contributed by atoms with Crippen LogP contribution in [-0.2, 0) is 4.79 Å². The fourth-order valence-corrected chi connectivity index (χ4v) is 2.06. The van der Waals surface area contributed by atoms with Gasteiger partial charge in [0.25, 0.3) is 5.69 Å². The van der Waals surface area contributed by atoms with Gasteiger partial charge in [-0.05, 0) is 12.5 Å². The lowest BCUT2D eigenvalue weighted by Gasteiger charge is -2.14. The van der Waals surface area contributed by atoms with Crippen LogP contribution >= 0.6 is 0 Å². The van der Waals surface area contributed by atoms with E-state index in [1.165, 1.54) is 25.3 Å². The van der Waals surface area contributed by atoms with E-state index in [1.807, 2.05) is 0 Å². The number of amides is 1. The van der Waals surface area contributed by atoms with Crippen molar-refractivity contribution in [3.63, 3.8) is 0 Å². The summed E-state index contributed by atoms with van der Waals surface area (Å²) >= 11 is 0. The fraction of sp³-hybridized carbons (Fsp3) is 0.417. The number of rotatable bonds is 4. The van der Waals surface area contributed by atoms with Crippen LogP contribution in [0.2, 0.25) is 0 Å². The minimum Gasteiger partial charge on any atom is -0.497 e. The van der Waals surface area contributed by atoms with Crippen molar-refractivity contribution in [1.82, 2.24) is 4.90 Å². The van der Waals surface area contributed by atoms with Gasteiger partial charge in [-0.25, -0.2) is 0 Å². The molecule has 1 atom stereocenters. The standard InChI is InChI=1S/C12H15N3O4/c1-14-6-5-9(12(14)16)13-10-7-8(19-2)3-4-11(10)15(17)18/h3-4,7,9,13H,5-6H2,1-2H3. The Morgan fingerprint density at radius 2 is 2.26 bits per heavy atom. The first-order valence-corrected chi connectivity index (χ1v) is 5.87. The number of ether oxygens (including phenoxy) is 1. The van der Waals surface area contributed by atoms with Crippen molar-refractivity contribution in [2.75, 3.05) is 26.0 Å². The zero-order chi connectivity index (χ0) is 14.0. The first-order chi connectivity index (χ1) is 9.02. The predicted octanol–water partition coefficient (Wildman–Crippen LogP) is 1.25. The second kappa shape index (κ2) is 5.13. The summed E-state index contributed by atoms with van der Waals surface area (Å²) in [7, 11) is 3.20. The molecule has 0 aromatic heterocycles. The molecule has 1 aliphatic rings. The summed E-state index contributed by atoms with van der Waals surface area (Å²) in [6.45, 7) is 0.647. The monoisotopic (exact) mass is 265 g/mol. The number of benzene rings is 1. The summed E-state index contributed by atoms with van der Waals surface area (Å²) in [5.74, 6) is 0.448. The van der Waals surface area contributed by atoms with Gasteiger partial charge in [-0.2, -0.15) is 0 Å². The number of nitro groups is 1. The summed E-state index contributed by atoms with van der Waals surface area (Å²) in [6, 6.07) is 4.00. The molecule has 19 heavy (non-hydrogen) atoms. The smallest absolute Gasteiger partial charge is 0.292 e. The van der Waals surface area contributed by atoms with E-state index >= 15 is 0 Å². The topological polar surface area (TPSA) is 84.7 Å². The predicted molar refractivity (Wildman–Crippen MR) is 69.3 cm³/mol. The lowest BCUT2D eigenvalue weighted by molar-refractivity contribution is -0.384. The van der Waals surface area contributed by atoms with E-state index in [1.54, 1.807) is 11.9 Å². The van der Waals surface area contributed by atoms with Crippen molar-refractivity contribution in [2.24, 2.45) is 0 Å². The van der Waals surface area contributed by atoms with Gasteiger partial charge in [0.05, 0.1) is 12.0 Å². The molecule has 102 valence electrons. The van der Waals surface area contributed by atoms with Gasteiger partial charge in [0.1, 0.15) is 17.5 Å². The molecule has 2 rings (SSSR count). The number of nitrogens with zero attached hydrogens (tertiary/aromatic N) is 2. The molecule has 1 aromatic carbocycles. The molecule has 1 unspecified atom stereocenters. The zero-order valence-electron chi connectivity index (χ0n) is 10.8. The average Bonchev–Trinajstić information content (AvgIpc) is 2.70. The van der Waals surface area contributed by atoms with Crippen LogP contribution in [0.5, 0.6) is 5.75 Å². The molecule has 0 bridgehead atoms. The van der Waals surface area contributed by atoms with Crippen LogP contribution in [0.15, 0.2) is 18.2 Å². The number of anilines is 1. The van der Waals surface area contributed by atoms with Gasteiger partial charge in [0.15, 0.2) is 0 Å². The average molecular weight is 265 g/mol. The minimum absolute atomic E-state index is 0.0582. The second-order valence-electron chi connectivity index (χ2n) is 4.39. The van der Waals surface area contributed by atoms with Gasteiger partial charge in [-0.1, -0.05) is 0 Å². The van der Waals surface area contributed by atoms with Gasteiger partial charge in [-0.15, -0.1) is 0 Å². The summed E-state index contributed by atoms with van der Waals surface area (Å²) < 4.78 is 5.04. The number of nitrogens with one attached hydrogen (secondary N) is 1. The van der Waals surface area contributed by atoms with E-state index in [0.717, 1.165) is 0 Å². The fourth-order valence-electron chi connectivity index (χ4n) is 2.06. The van der Waals surface area contributed by atoms with Crippen LogP contribution in [0.25, 0.3) is 0 Å². The molecule has 7 nitrogen and oxygen atoms in total. The molecule has 1 aromatic rings. The first kappa shape index (κ1) is 13.1. The van der Waals surface area contributed by atoms with Gasteiger partial charge in [0.2, 0.25) is 5.91 Å². The van der Waals surface area contributed by atoms with E-state index in [2.05, 4.69) is 5.32 Å². The SMILES string of the molecule is COc1ccc([N+](=O)[O-])c(NC2CCN(C)C2=O)c1. The van der Waals surface area contributed by atoms with E-state index in [9.17, 15) is 14.9 Å². The number of carbonyl (C=O) groups excluding carboxylic acids is 1. The van der Waals surface area contributed by atoms with Gasteiger partial charge >= 0.3 is 0 Å². The third-order valence-electron chi connectivity index (χ3n) is 3.16. The molecular weight excluding hydrogens is 250 g/mol. The number of hydrogen-bond donors (Lipinski definition) is 1. The third kappa shape index (κ3) is 2.59. The molecule has 1 aliphatic heterocycles. The Balaban J connectivity index is 2.27. The van der Waals surface area contributed by atoms with Crippen LogP contribution in [0.3, 0.4) is 0 Å². The quantitative estimate of drug-likeness (QED) is 0.654. The Hall–Kier alpha value is -2.31. The lowest BCUT2D eigenvalue weighted by Crippen LogP contribution is -2.31. The number of hydrogen-bond acceptors (Lipinski definition) is 5. The highest BCUT2D eigenvalue weighted by molar-refractivity contribution is 5.87. The molecule has 1 saturated heterocycles. The van der Waals surface area contributed by atoms with Gasteiger partial charge in [-0.3, -0.25) is 14.9 Å². The zero-order valence-corrected chi connectivity index (χ0v) is 10.8. The highest BCUT2D eigenvalue weighted by atomic mass is 16.6. The number of nitro benzene ring substituents is 1. The summed E-state index contributed by atoms with van der Waals surface area (Å²) in [5.41, 5.74) is 0.237. The maximum absolute atomic E-state index is 11.8. The molecule has 1 heterocycles. The van der Waals surface area contributed by atoms with Crippen molar-refractivity contribution >= 4 is 17.3 Å². The third-order valence-corrected chi connectivity index (χ3v) is 3.16. The van der Waals surface area contributed by atoms with Gasteiger partial charge in [0, 0.05) is 25.7 Å². The lowest BCUT2D eigenvalue weighted by atomic mass is 10.2. The van der Waals surface area contributed by atoms with Crippen molar-refractivity contribution in [2.45, 2.75) is 12.5 Å². The van der Waals surface area contributed by atoms with Crippen LogP contribution < -0.4 is 10.1 Å². The largest absolute Gasteiger partial charge is 0.497 e. The second-order valence-corrected chi connectivity index (χ2v) is 4.39. The van der Waals surface area contributed by atoms with Crippen LogP contribution in [-0.4, -0.2) is 42.5 Å². The maximum atomic E-state index is 11.8. The van der Waals surface area contributed by atoms with E-state index < -0.39 is 11.0 Å². The first-order valence-electron chi connectivity index (χ1n) is 5.87. The number of methoxy groups -OCH3 is 1. The Kier molecular flexibility index (Phi) is 3.55. The maximum Gasteiger partial charge on any atom is 0.292 e. The number of carbonyl (C=O) groups is 1. The van der Waals surface area contributed by atoms with Crippen molar-refractivity contribution in [3.05, 3.63) is 28.3 Å². The van der Waals surface area contributed by atoms with Crippen molar-refractivity contribution < 1.29 is 14.5 Å². The molecule has 0 spiro atoms. The van der Waals surface area contributed by atoms with Crippen LogP contribution in [0, 0.1) is 10.1 Å². The molecule has 1 amide bonds. The molecule has 0 radical (unpaired) electrons. The molecule has 1 N–H and O–H groups in total. The van der Waals surface area contributed by atoms with Crippen LogP contribution in [0.1, 0.15) is 6.42 Å². The van der Waals surface area contributed by atoms with Crippen molar-refractivity contribution in [3.8, 4) is 5.75 Å².